The number of halogens is 1. The number of urea groups is 1. The Morgan fingerprint density at radius 1 is 1.03 bits per heavy atom. The Bertz CT molecular complexity index is 874. The fourth-order valence-corrected chi connectivity index (χ4v) is 3.56. The van der Waals surface area contributed by atoms with E-state index < -0.39 is 5.60 Å². The fraction of sp³-hybridized carbons (Fsp3) is 0.391. The minimum atomic E-state index is -0.989. The molecular formula is C23H28ClN3O3. The molecule has 0 bridgehead atoms. The Kier molecular flexibility index (Phi) is 6.87. The lowest BCUT2D eigenvalue weighted by molar-refractivity contribution is -0.146. The highest BCUT2D eigenvalue weighted by molar-refractivity contribution is 6.30. The van der Waals surface area contributed by atoms with E-state index in [2.05, 4.69) is 10.6 Å². The summed E-state index contributed by atoms with van der Waals surface area (Å²) in [5, 5.41) is 6.46. The first kappa shape index (κ1) is 22.0. The number of hydrogen-bond donors (Lipinski definition) is 2. The molecule has 2 aromatic rings. The number of ether oxygens (including phenoxy) is 1. The second-order valence-corrected chi connectivity index (χ2v) is 8.53. The SMILES string of the molecule is Cc1ccc(NC(=O)NC2CCN(C(=O)C(C)(C)Oc3ccc(Cl)cc3)CC2)cc1. The average Bonchev–Trinajstić information content (AvgIpc) is 2.71. The van der Waals surface area contributed by atoms with Crippen molar-refractivity contribution < 1.29 is 14.3 Å². The molecular weight excluding hydrogens is 402 g/mol. The van der Waals surface area contributed by atoms with Crippen LogP contribution in [0.4, 0.5) is 10.5 Å². The van der Waals surface area contributed by atoms with Gasteiger partial charge in [-0.3, -0.25) is 4.79 Å². The Labute approximate surface area is 182 Å². The van der Waals surface area contributed by atoms with Crippen molar-refractivity contribution in [2.45, 2.75) is 45.3 Å². The summed E-state index contributed by atoms with van der Waals surface area (Å²) in [6.07, 6.45) is 1.40. The number of carbonyl (C=O) groups excluding carboxylic acids is 2. The molecule has 0 saturated carbocycles. The van der Waals surface area contributed by atoms with Gasteiger partial charge in [-0.15, -0.1) is 0 Å². The highest BCUT2D eigenvalue weighted by Gasteiger charge is 2.36. The van der Waals surface area contributed by atoms with E-state index in [1.54, 1.807) is 43.0 Å². The predicted molar refractivity (Wildman–Crippen MR) is 119 cm³/mol. The van der Waals surface area contributed by atoms with Gasteiger partial charge < -0.3 is 20.3 Å². The lowest BCUT2D eigenvalue weighted by Crippen LogP contribution is -2.54. The van der Waals surface area contributed by atoms with Crippen molar-refractivity contribution in [2.75, 3.05) is 18.4 Å². The van der Waals surface area contributed by atoms with E-state index in [1.165, 1.54) is 0 Å². The molecule has 7 heteroatoms. The van der Waals surface area contributed by atoms with Gasteiger partial charge in [0.1, 0.15) is 5.75 Å². The molecule has 2 aromatic carbocycles. The molecule has 3 rings (SSSR count). The number of likely N-dealkylation sites (tertiary alicyclic amines) is 1. The minimum absolute atomic E-state index is 0.0276. The summed E-state index contributed by atoms with van der Waals surface area (Å²) in [7, 11) is 0. The monoisotopic (exact) mass is 429 g/mol. The van der Waals surface area contributed by atoms with E-state index in [4.69, 9.17) is 16.3 Å². The Balaban J connectivity index is 1.47. The number of piperidine rings is 1. The van der Waals surface area contributed by atoms with Gasteiger partial charge in [0.25, 0.3) is 5.91 Å². The third kappa shape index (κ3) is 5.89. The van der Waals surface area contributed by atoms with Crippen molar-refractivity contribution >= 4 is 29.2 Å². The van der Waals surface area contributed by atoms with E-state index in [0.29, 0.717) is 36.7 Å². The quantitative estimate of drug-likeness (QED) is 0.728. The number of rotatable bonds is 5. The molecule has 1 fully saturated rings. The summed E-state index contributed by atoms with van der Waals surface area (Å²) >= 11 is 5.90. The summed E-state index contributed by atoms with van der Waals surface area (Å²) < 4.78 is 5.91. The molecule has 6 nitrogen and oxygen atoms in total. The molecule has 1 heterocycles. The molecule has 2 N–H and O–H groups in total. The van der Waals surface area contributed by atoms with Crippen molar-refractivity contribution in [1.29, 1.82) is 0 Å². The Morgan fingerprint density at radius 3 is 2.23 bits per heavy atom. The summed E-state index contributed by atoms with van der Waals surface area (Å²) in [6.45, 7) is 6.68. The Hall–Kier alpha value is -2.73. The van der Waals surface area contributed by atoms with E-state index >= 15 is 0 Å². The highest BCUT2D eigenvalue weighted by atomic mass is 35.5. The summed E-state index contributed by atoms with van der Waals surface area (Å²) in [4.78, 5) is 27.0. The number of nitrogens with one attached hydrogen (secondary N) is 2. The number of benzene rings is 2. The van der Waals surface area contributed by atoms with E-state index in [9.17, 15) is 9.59 Å². The molecule has 0 aromatic heterocycles. The fourth-order valence-electron chi connectivity index (χ4n) is 3.44. The van der Waals surface area contributed by atoms with Gasteiger partial charge >= 0.3 is 6.03 Å². The van der Waals surface area contributed by atoms with Gasteiger partial charge in [-0.2, -0.15) is 0 Å². The van der Waals surface area contributed by atoms with Crippen LogP contribution >= 0.6 is 11.6 Å². The zero-order chi connectivity index (χ0) is 21.7. The molecule has 160 valence electrons. The van der Waals surface area contributed by atoms with Crippen molar-refractivity contribution in [3.8, 4) is 5.75 Å². The molecule has 1 aliphatic rings. The van der Waals surface area contributed by atoms with Crippen LogP contribution in [0.2, 0.25) is 5.02 Å². The van der Waals surface area contributed by atoms with Gasteiger partial charge in [0, 0.05) is 29.8 Å². The first-order valence-electron chi connectivity index (χ1n) is 10.1. The number of aryl methyl sites for hydroxylation is 1. The topological polar surface area (TPSA) is 70.7 Å². The summed E-state index contributed by atoms with van der Waals surface area (Å²) in [6, 6.07) is 14.4. The maximum Gasteiger partial charge on any atom is 0.319 e. The summed E-state index contributed by atoms with van der Waals surface area (Å²) in [5.74, 6) is 0.530. The molecule has 30 heavy (non-hydrogen) atoms. The van der Waals surface area contributed by atoms with Crippen molar-refractivity contribution in [2.24, 2.45) is 0 Å². The molecule has 1 aliphatic heterocycles. The van der Waals surface area contributed by atoms with Crippen LogP contribution in [-0.2, 0) is 4.79 Å². The maximum atomic E-state index is 13.0. The van der Waals surface area contributed by atoms with Crippen LogP contribution in [0.25, 0.3) is 0 Å². The molecule has 3 amide bonds. The second kappa shape index (κ2) is 9.39. The molecule has 0 aliphatic carbocycles. The normalized spacial score (nSPS) is 14.9. The molecule has 0 radical (unpaired) electrons. The number of anilines is 1. The van der Waals surface area contributed by atoms with E-state index in [0.717, 1.165) is 11.3 Å². The zero-order valence-corrected chi connectivity index (χ0v) is 18.3. The smallest absolute Gasteiger partial charge is 0.319 e. The van der Waals surface area contributed by atoms with E-state index in [1.807, 2.05) is 31.2 Å². The lowest BCUT2D eigenvalue weighted by Gasteiger charge is -2.37. The van der Waals surface area contributed by atoms with Crippen LogP contribution < -0.4 is 15.4 Å². The van der Waals surface area contributed by atoms with Crippen molar-refractivity contribution in [1.82, 2.24) is 10.2 Å². The van der Waals surface area contributed by atoms with Crippen molar-refractivity contribution in [3.05, 3.63) is 59.1 Å². The average molecular weight is 430 g/mol. The number of carbonyl (C=O) groups is 2. The van der Waals surface area contributed by atoms with Gasteiger partial charge in [-0.25, -0.2) is 4.79 Å². The Morgan fingerprint density at radius 2 is 1.63 bits per heavy atom. The predicted octanol–water partition coefficient (Wildman–Crippen LogP) is 4.62. The van der Waals surface area contributed by atoms with Crippen LogP contribution in [0.15, 0.2) is 48.5 Å². The largest absolute Gasteiger partial charge is 0.478 e. The van der Waals surface area contributed by atoms with Gasteiger partial charge in [0.05, 0.1) is 0 Å². The minimum Gasteiger partial charge on any atom is -0.478 e. The standard InChI is InChI=1S/C23H28ClN3O3/c1-16-4-8-18(9-5-16)25-22(29)26-19-12-14-27(15-13-19)21(28)23(2,3)30-20-10-6-17(24)7-11-20/h4-11,19H,12-15H2,1-3H3,(H2,25,26,29). The number of hydrogen-bond acceptors (Lipinski definition) is 3. The van der Waals surface area contributed by atoms with Gasteiger partial charge in [0.2, 0.25) is 0 Å². The highest BCUT2D eigenvalue weighted by Crippen LogP contribution is 2.24. The molecule has 0 unspecified atom stereocenters. The summed E-state index contributed by atoms with van der Waals surface area (Å²) in [5.41, 5.74) is 0.907. The third-order valence-electron chi connectivity index (χ3n) is 5.13. The third-order valence-corrected chi connectivity index (χ3v) is 5.38. The maximum absolute atomic E-state index is 13.0. The van der Waals surface area contributed by atoms with Crippen LogP contribution in [0, 0.1) is 6.92 Å². The molecule has 0 spiro atoms. The van der Waals surface area contributed by atoms with E-state index in [-0.39, 0.29) is 18.0 Å². The van der Waals surface area contributed by atoms with Gasteiger partial charge in [-0.1, -0.05) is 29.3 Å². The van der Waals surface area contributed by atoms with Crippen LogP contribution in [0.3, 0.4) is 0 Å². The first-order valence-corrected chi connectivity index (χ1v) is 10.5. The van der Waals surface area contributed by atoms with Crippen molar-refractivity contribution in [3.63, 3.8) is 0 Å². The molecule has 0 atom stereocenters. The molecule has 1 saturated heterocycles. The second-order valence-electron chi connectivity index (χ2n) is 8.10. The van der Waals surface area contributed by atoms with Crippen LogP contribution in [-0.4, -0.2) is 41.6 Å². The van der Waals surface area contributed by atoms with Gasteiger partial charge in [0.15, 0.2) is 5.60 Å². The van der Waals surface area contributed by atoms with Crippen LogP contribution in [0.5, 0.6) is 5.75 Å². The van der Waals surface area contributed by atoms with Crippen LogP contribution in [0.1, 0.15) is 32.3 Å². The number of amides is 3. The zero-order valence-electron chi connectivity index (χ0n) is 17.6. The lowest BCUT2D eigenvalue weighted by atomic mass is 10.0. The first-order chi connectivity index (χ1) is 14.2. The number of nitrogens with zero attached hydrogens (tertiary/aromatic N) is 1. The van der Waals surface area contributed by atoms with Gasteiger partial charge in [-0.05, 0) is 70.0 Å².